The van der Waals surface area contributed by atoms with Crippen LogP contribution in [0.3, 0.4) is 0 Å². The zero-order valence-electron chi connectivity index (χ0n) is 13.9. The second kappa shape index (κ2) is 6.50. The van der Waals surface area contributed by atoms with Crippen LogP contribution in [0.2, 0.25) is 0 Å². The van der Waals surface area contributed by atoms with E-state index in [0.717, 1.165) is 37.6 Å². The van der Waals surface area contributed by atoms with Crippen LogP contribution in [0.4, 0.5) is 5.69 Å². The van der Waals surface area contributed by atoms with E-state index in [4.69, 9.17) is 19.9 Å². The Bertz CT molecular complexity index is 579. The summed E-state index contributed by atoms with van der Waals surface area (Å²) in [5.41, 5.74) is 7.21. The van der Waals surface area contributed by atoms with E-state index >= 15 is 0 Å². The molecule has 3 aliphatic rings. The monoisotopic (exact) mass is 335 g/mol. The smallest absolute Gasteiger partial charge is 0.176 e. The number of piperazine rings is 1. The van der Waals surface area contributed by atoms with Gasteiger partial charge < -0.3 is 30.0 Å². The van der Waals surface area contributed by atoms with Gasteiger partial charge in [0.2, 0.25) is 0 Å². The van der Waals surface area contributed by atoms with Crippen molar-refractivity contribution in [2.24, 2.45) is 5.73 Å². The number of benzene rings is 1. The van der Waals surface area contributed by atoms with Crippen molar-refractivity contribution < 1.29 is 19.3 Å². The molecule has 3 N–H and O–H groups in total. The number of methoxy groups -OCH3 is 1. The summed E-state index contributed by atoms with van der Waals surface area (Å²) in [6, 6.07) is 7.47. The molecular weight excluding hydrogens is 310 g/mol. The first kappa shape index (κ1) is 16.1. The molecule has 3 aliphatic heterocycles. The Hall–Kier alpha value is -1.38. The maximum absolute atomic E-state index is 10.6. The van der Waals surface area contributed by atoms with Crippen LogP contribution < -0.4 is 15.4 Å². The van der Waals surface area contributed by atoms with Gasteiger partial charge in [-0.1, -0.05) is 12.1 Å². The highest BCUT2D eigenvalue weighted by Crippen LogP contribution is 2.33. The van der Waals surface area contributed by atoms with Crippen molar-refractivity contribution in [2.75, 3.05) is 44.8 Å². The fourth-order valence-corrected chi connectivity index (χ4v) is 3.97. The fraction of sp³-hybridized carbons (Fsp3) is 0.647. The van der Waals surface area contributed by atoms with Gasteiger partial charge in [0.1, 0.15) is 11.9 Å². The third-order valence-electron chi connectivity index (χ3n) is 5.35. The molecular formula is C17H25N3O4. The molecule has 1 aromatic rings. The summed E-state index contributed by atoms with van der Waals surface area (Å²) >= 11 is 0. The summed E-state index contributed by atoms with van der Waals surface area (Å²) < 4.78 is 17.0. The number of fused-ring (bicyclic) bond motifs is 2. The van der Waals surface area contributed by atoms with Crippen molar-refractivity contribution in [2.45, 2.75) is 30.6 Å². The van der Waals surface area contributed by atoms with Crippen molar-refractivity contribution in [3.63, 3.8) is 0 Å². The quantitative estimate of drug-likeness (QED) is 0.780. The number of anilines is 1. The van der Waals surface area contributed by atoms with E-state index in [0.29, 0.717) is 6.61 Å². The molecule has 3 fully saturated rings. The van der Waals surface area contributed by atoms with E-state index in [-0.39, 0.29) is 24.5 Å². The van der Waals surface area contributed by atoms with Gasteiger partial charge in [-0.15, -0.1) is 0 Å². The Morgan fingerprint density at radius 1 is 1.21 bits per heavy atom. The van der Waals surface area contributed by atoms with Gasteiger partial charge in [-0.25, -0.2) is 0 Å². The first-order valence-electron chi connectivity index (χ1n) is 8.52. The predicted molar refractivity (Wildman–Crippen MR) is 89.2 cm³/mol. The molecule has 5 atom stereocenters. The number of nitrogens with zero attached hydrogens (tertiary/aromatic N) is 2. The summed E-state index contributed by atoms with van der Waals surface area (Å²) in [6.45, 7) is 3.82. The van der Waals surface area contributed by atoms with E-state index in [1.807, 2.05) is 18.2 Å². The topological polar surface area (TPSA) is 80.4 Å². The predicted octanol–water partition coefficient (Wildman–Crippen LogP) is -0.371. The van der Waals surface area contributed by atoms with Gasteiger partial charge in [-0.3, -0.25) is 4.90 Å². The minimum absolute atomic E-state index is 0.184. The third kappa shape index (κ3) is 2.66. The molecule has 0 radical (unpaired) electrons. The molecule has 0 saturated carbocycles. The fourth-order valence-electron chi connectivity index (χ4n) is 3.97. The van der Waals surface area contributed by atoms with E-state index in [1.54, 1.807) is 7.11 Å². The molecule has 132 valence electrons. The van der Waals surface area contributed by atoms with Crippen LogP contribution in [-0.4, -0.2) is 80.5 Å². The lowest BCUT2D eigenvalue weighted by Crippen LogP contribution is -2.65. The molecule has 2 bridgehead atoms. The minimum Gasteiger partial charge on any atom is -0.495 e. The highest BCUT2D eigenvalue weighted by molar-refractivity contribution is 5.58. The Labute approximate surface area is 141 Å². The molecule has 3 heterocycles. The zero-order chi connectivity index (χ0) is 16.7. The Morgan fingerprint density at radius 2 is 1.96 bits per heavy atom. The van der Waals surface area contributed by atoms with Gasteiger partial charge in [0, 0.05) is 26.2 Å². The van der Waals surface area contributed by atoms with Crippen LogP contribution >= 0.6 is 0 Å². The lowest BCUT2D eigenvalue weighted by Gasteiger charge is -2.46. The Balaban J connectivity index is 1.44. The minimum atomic E-state index is -0.617. The van der Waals surface area contributed by atoms with E-state index in [9.17, 15) is 5.11 Å². The molecule has 0 amide bonds. The van der Waals surface area contributed by atoms with Crippen molar-refractivity contribution >= 4 is 5.69 Å². The molecule has 5 unspecified atom stereocenters. The summed E-state index contributed by atoms with van der Waals surface area (Å²) in [4.78, 5) is 4.55. The first-order valence-corrected chi connectivity index (χ1v) is 8.52. The maximum atomic E-state index is 10.6. The highest BCUT2D eigenvalue weighted by Gasteiger charge is 2.51. The molecule has 4 rings (SSSR count). The second-order valence-corrected chi connectivity index (χ2v) is 6.63. The third-order valence-corrected chi connectivity index (χ3v) is 5.35. The average Bonchev–Trinajstić information content (AvgIpc) is 3.07. The van der Waals surface area contributed by atoms with Crippen LogP contribution in [0.25, 0.3) is 0 Å². The first-order chi connectivity index (χ1) is 11.7. The van der Waals surface area contributed by atoms with Gasteiger partial charge >= 0.3 is 0 Å². The maximum Gasteiger partial charge on any atom is 0.176 e. The number of hydrogen-bond acceptors (Lipinski definition) is 7. The standard InChI is InChI=1S/C17H25N3O4/c1-22-12-5-3-2-4-11(12)19-6-8-20(9-7-19)15-16(21)14(18)13-10-23-17(15)24-13/h2-5,13-17,21H,6-10,18H2,1H3. The molecule has 0 spiro atoms. The van der Waals surface area contributed by atoms with Crippen LogP contribution in [0, 0.1) is 0 Å². The average molecular weight is 335 g/mol. The summed E-state index contributed by atoms with van der Waals surface area (Å²) in [7, 11) is 1.69. The normalized spacial score (nSPS) is 36.8. The molecule has 24 heavy (non-hydrogen) atoms. The highest BCUT2D eigenvalue weighted by atomic mass is 16.7. The zero-order valence-corrected chi connectivity index (χ0v) is 13.9. The molecule has 0 aromatic heterocycles. The van der Waals surface area contributed by atoms with Crippen molar-refractivity contribution in [3.8, 4) is 5.75 Å². The summed E-state index contributed by atoms with van der Waals surface area (Å²) in [5, 5.41) is 10.6. The molecule has 3 saturated heterocycles. The molecule has 7 nitrogen and oxygen atoms in total. The summed E-state index contributed by atoms with van der Waals surface area (Å²) in [6.07, 6.45) is -1.17. The van der Waals surface area contributed by atoms with Crippen LogP contribution in [-0.2, 0) is 9.47 Å². The van der Waals surface area contributed by atoms with Crippen molar-refractivity contribution in [1.82, 2.24) is 4.90 Å². The second-order valence-electron chi connectivity index (χ2n) is 6.63. The SMILES string of the molecule is COc1ccccc1N1CCN(C2C3OCC(O3)C(N)C2O)CC1. The number of rotatable bonds is 3. The van der Waals surface area contributed by atoms with E-state index in [1.165, 1.54) is 0 Å². The number of aliphatic hydroxyl groups excluding tert-OH is 1. The van der Waals surface area contributed by atoms with Gasteiger partial charge in [-0.05, 0) is 12.1 Å². The van der Waals surface area contributed by atoms with Crippen LogP contribution in [0.1, 0.15) is 0 Å². The van der Waals surface area contributed by atoms with Crippen molar-refractivity contribution in [3.05, 3.63) is 24.3 Å². The number of ether oxygens (including phenoxy) is 3. The lowest BCUT2D eigenvalue weighted by molar-refractivity contribution is -0.178. The van der Waals surface area contributed by atoms with Crippen LogP contribution in [0.15, 0.2) is 24.3 Å². The van der Waals surface area contributed by atoms with Crippen LogP contribution in [0.5, 0.6) is 5.75 Å². The summed E-state index contributed by atoms with van der Waals surface area (Å²) in [5.74, 6) is 0.885. The van der Waals surface area contributed by atoms with E-state index < -0.39 is 6.10 Å². The number of aliphatic hydroxyl groups is 1. The van der Waals surface area contributed by atoms with Crippen molar-refractivity contribution in [1.29, 1.82) is 0 Å². The van der Waals surface area contributed by atoms with Gasteiger partial charge in [0.15, 0.2) is 6.29 Å². The molecule has 1 aromatic carbocycles. The van der Waals surface area contributed by atoms with Gasteiger partial charge in [0.05, 0.1) is 37.6 Å². The van der Waals surface area contributed by atoms with Gasteiger partial charge in [0.25, 0.3) is 0 Å². The number of hydrogen-bond donors (Lipinski definition) is 2. The largest absolute Gasteiger partial charge is 0.495 e. The Morgan fingerprint density at radius 3 is 2.71 bits per heavy atom. The number of nitrogens with two attached hydrogens (primary N) is 1. The lowest BCUT2D eigenvalue weighted by atomic mass is 9.95. The molecule has 0 aliphatic carbocycles. The Kier molecular flexibility index (Phi) is 4.36. The molecule has 7 heteroatoms. The van der Waals surface area contributed by atoms with E-state index in [2.05, 4.69) is 15.9 Å². The van der Waals surface area contributed by atoms with Gasteiger partial charge in [-0.2, -0.15) is 0 Å². The number of para-hydroxylation sites is 2.